The van der Waals surface area contributed by atoms with Crippen LogP contribution >= 0.6 is 0 Å². The third-order valence-electron chi connectivity index (χ3n) is 5.59. The molecule has 0 saturated carbocycles. The Labute approximate surface area is 177 Å². The number of carbonyl (C=O) groups excluding carboxylic acids is 1. The molecule has 2 saturated heterocycles. The first-order chi connectivity index (χ1) is 14.8. The first-order valence-corrected chi connectivity index (χ1v) is 10.4. The highest BCUT2D eigenvalue weighted by atomic mass is 19.4. The predicted octanol–water partition coefficient (Wildman–Crippen LogP) is 3.26. The maximum Gasteiger partial charge on any atom is 0.437 e. The second-order valence-electron chi connectivity index (χ2n) is 7.90. The number of rotatable bonds is 4. The van der Waals surface area contributed by atoms with Gasteiger partial charge in [-0.15, -0.1) is 0 Å². The molecule has 168 valence electrons. The first kappa shape index (κ1) is 21.4. The van der Waals surface area contributed by atoms with Gasteiger partial charge in [-0.25, -0.2) is 4.98 Å². The molecule has 1 amide bonds. The molecule has 2 aromatic rings. The summed E-state index contributed by atoms with van der Waals surface area (Å²) in [5.74, 6) is -1.13. The van der Waals surface area contributed by atoms with Crippen molar-refractivity contribution < 1.29 is 22.4 Å². The molecule has 8 nitrogen and oxygen atoms in total. The van der Waals surface area contributed by atoms with Crippen LogP contribution in [0.1, 0.15) is 48.4 Å². The van der Waals surface area contributed by atoms with E-state index in [9.17, 15) is 18.0 Å². The van der Waals surface area contributed by atoms with Crippen LogP contribution in [-0.2, 0) is 6.18 Å². The molecule has 2 fully saturated rings. The van der Waals surface area contributed by atoms with Crippen LogP contribution in [0.5, 0.6) is 0 Å². The molecule has 0 radical (unpaired) electrons. The van der Waals surface area contributed by atoms with E-state index in [2.05, 4.69) is 20.2 Å². The average Bonchev–Trinajstić information content (AvgIpc) is 3.22. The van der Waals surface area contributed by atoms with Gasteiger partial charge in [0.2, 0.25) is 5.76 Å². The second kappa shape index (κ2) is 8.74. The molecule has 2 aliphatic rings. The fourth-order valence-corrected chi connectivity index (χ4v) is 3.84. The van der Waals surface area contributed by atoms with Crippen LogP contribution in [0.15, 0.2) is 22.7 Å². The zero-order chi connectivity index (χ0) is 22.0. The van der Waals surface area contributed by atoms with E-state index in [0.717, 1.165) is 51.0 Å². The Morgan fingerprint density at radius 3 is 2.42 bits per heavy atom. The summed E-state index contributed by atoms with van der Waals surface area (Å²) in [6, 6.07) is 3.34. The van der Waals surface area contributed by atoms with Crippen molar-refractivity contribution in [1.82, 2.24) is 9.97 Å². The topological polar surface area (TPSA) is 101 Å². The maximum atomic E-state index is 13.5. The summed E-state index contributed by atoms with van der Waals surface area (Å²) in [4.78, 5) is 24.2. The van der Waals surface area contributed by atoms with Crippen LogP contribution in [0, 0.1) is 0 Å². The van der Waals surface area contributed by atoms with Crippen molar-refractivity contribution >= 4 is 23.4 Å². The first-order valence-electron chi connectivity index (χ1n) is 10.4. The lowest BCUT2D eigenvalue weighted by Crippen LogP contribution is -2.40. The summed E-state index contributed by atoms with van der Waals surface area (Å²) in [6.07, 6.45) is 1.03. The number of nitrogens with one attached hydrogen (secondary N) is 1. The Morgan fingerprint density at radius 2 is 1.81 bits per heavy atom. The van der Waals surface area contributed by atoms with Crippen LogP contribution in [0.4, 0.5) is 30.7 Å². The van der Waals surface area contributed by atoms with Gasteiger partial charge in [0.05, 0.1) is 11.9 Å². The highest BCUT2D eigenvalue weighted by Gasteiger charge is 2.42. The molecule has 0 aliphatic carbocycles. The molecule has 11 heteroatoms. The summed E-state index contributed by atoms with van der Waals surface area (Å²) >= 11 is 0. The molecule has 2 aliphatic heterocycles. The van der Waals surface area contributed by atoms with E-state index >= 15 is 0 Å². The van der Waals surface area contributed by atoms with Gasteiger partial charge >= 0.3 is 6.18 Å². The van der Waals surface area contributed by atoms with Gasteiger partial charge in [-0.05, 0) is 44.2 Å². The molecule has 4 rings (SSSR count). The van der Waals surface area contributed by atoms with Gasteiger partial charge < -0.3 is 25.3 Å². The monoisotopic (exact) mass is 438 g/mol. The molecular formula is C20H25F3N6O2. The number of nitrogens with zero attached hydrogens (tertiary/aromatic N) is 4. The number of alkyl halides is 3. The lowest BCUT2D eigenvalue weighted by atomic mass is 10.1. The number of anilines is 3. The van der Waals surface area contributed by atoms with E-state index in [1.54, 1.807) is 17.0 Å². The lowest BCUT2D eigenvalue weighted by Gasteiger charge is -2.31. The minimum atomic E-state index is -4.80. The number of piperidine rings is 2. The number of carbonyl (C=O) groups is 1. The number of halogens is 3. The van der Waals surface area contributed by atoms with E-state index in [1.807, 2.05) is 0 Å². The van der Waals surface area contributed by atoms with Crippen molar-refractivity contribution in [3.63, 3.8) is 0 Å². The van der Waals surface area contributed by atoms with Gasteiger partial charge in [0, 0.05) is 32.2 Å². The zero-order valence-electron chi connectivity index (χ0n) is 17.0. The summed E-state index contributed by atoms with van der Waals surface area (Å²) < 4.78 is 45.7. The molecule has 0 bridgehead atoms. The zero-order valence-corrected chi connectivity index (χ0v) is 17.0. The van der Waals surface area contributed by atoms with Gasteiger partial charge in [-0.2, -0.15) is 18.2 Å². The summed E-state index contributed by atoms with van der Waals surface area (Å²) in [7, 11) is 0. The third-order valence-corrected chi connectivity index (χ3v) is 5.59. The van der Waals surface area contributed by atoms with Gasteiger partial charge in [-0.3, -0.25) is 4.79 Å². The number of aromatic nitrogens is 2. The normalized spacial score (nSPS) is 18.3. The quantitative estimate of drug-likeness (QED) is 0.756. The Kier molecular flexibility index (Phi) is 6.03. The third kappa shape index (κ3) is 4.92. The van der Waals surface area contributed by atoms with Gasteiger partial charge in [0.1, 0.15) is 5.82 Å². The number of nitrogens with two attached hydrogens (primary N) is 1. The van der Waals surface area contributed by atoms with Crippen molar-refractivity contribution in [1.29, 1.82) is 0 Å². The molecule has 0 atom stereocenters. The van der Waals surface area contributed by atoms with E-state index < -0.39 is 23.5 Å². The van der Waals surface area contributed by atoms with Crippen molar-refractivity contribution in [2.75, 3.05) is 41.3 Å². The summed E-state index contributed by atoms with van der Waals surface area (Å²) in [6.45, 7) is 2.66. The van der Waals surface area contributed by atoms with Crippen LogP contribution in [-0.4, -0.2) is 48.1 Å². The molecule has 0 aromatic carbocycles. The van der Waals surface area contributed by atoms with E-state index in [-0.39, 0.29) is 17.7 Å². The highest BCUT2D eigenvalue weighted by Crippen LogP contribution is 2.35. The van der Waals surface area contributed by atoms with Gasteiger partial charge in [0.15, 0.2) is 5.69 Å². The Hall–Kier alpha value is -2.82. The van der Waals surface area contributed by atoms with Crippen LogP contribution in [0.25, 0.3) is 0 Å². The summed E-state index contributed by atoms with van der Waals surface area (Å²) in [5, 5.41) is 2.43. The molecule has 0 spiro atoms. The SMILES string of the molecule is NC1CCN(c2ccc(NC(=O)c3oc(N4CCCCC4)nc3C(F)(F)F)cn2)CC1. The predicted molar refractivity (Wildman–Crippen MR) is 109 cm³/mol. The largest absolute Gasteiger partial charge is 0.437 e. The number of hydrogen-bond acceptors (Lipinski definition) is 7. The van der Waals surface area contributed by atoms with Crippen LogP contribution in [0.2, 0.25) is 0 Å². The van der Waals surface area contributed by atoms with Gasteiger partial charge in [-0.1, -0.05) is 0 Å². The fraction of sp³-hybridized carbons (Fsp3) is 0.550. The average molecular weight is 438 g/mol. The number of amides is 1. The van der Waals surface area contributed by atoms with E-state index in [1.165, 1.54) is 6.20 Å². The van der Waals surface area contributed by atoms with Crippen molar-refractivity contribution in [3.05, 3.63) is 29.8 Å². The molecule has 31 heavy (non-hydrogen) atoms. The van der Waals surface area contributed by atoms with E-state index in [0.29, 0.717) is 13.1 Å². The van der Waals surface area contributed by atoms with Crippen molar-refractivity contribution in [3.8, 4) is 0 Å². The molecular weight excluding hydrogens is 413 g/mol. The number of hydrogen-bond donors (Lipinski definition) is 2. The minimum absolute atomic E-state index is 0.172. The molecule has 2 aromatic heterocycles. The maximum absolute atomic E-state index is 13.5. The smallest absolute Gasteiger partial charge is 0.417 e. The highest BCUT2D eigenvalue weighted by molar-refractivity contribution is 6.03. The number of pyridine rings is 1. The van der Waals surface area contributed by atoms with Crippen LogP contribution in [0.3, 0.4) is 0 Å². The Bertz CT molecular complexity index is 901. The van der Waals surface area contributed by atoms with Gasteiger partial charge in [0.25, 0.3) is 11.9 Å². The van der Waals surface area contributed by atoms with Crippen molar-refractivity contribution in [2.45, 2.75) is 44.3 Å². The second-order valence-corrected chi connectivity index (χ2v) is 7.90. The van der Waals surface area contributed by atoms with E-state index in [4.69, 9.17) is 10.2 Å². The van der Waals surface area contributed by atoms with Crippen molar-refractivity contribution in [2.24, 2.45) is 5.73 Å². The molecule has 3 N–H and O–H groups in total. The molecule has 4 heterocycles. The summed E-state index contributed by atoms with van der Waals surface area (Å²) in [5.41, 5.74) is 4.86. The number of oxazole rings is 1. The Balaban J connectivity index is 1.49. The Morgan fingerprint density at radius 1 is 1.10 bits per heavy atom. The fourth-order valence-electron chi connectivity index (χ4n) is 3.84. The van der Waals surface area contributed by atoms with Crippen LogP contribution < -0.4 is 20.9 Å². The minimum Gasteiger partial charge on any atom is -0.417 e. The lowest BCUT2D eigenvalue weighted by molar-refractivity contribution is -0.141. The standard InChI is InChI=1S/C20H25F3N6O2/c21-20(22,23)17-16(31-19(27-17)29-8-2-1-3-9-29)18(30)26-14-4-5-15(25-12-14)28-10-6-13(24)7-11-28/h4-5,12-13H,1-3,6-11,24H2,(H,26,30). The molecule has 0 unspecified atom stereocenters.